The van der Waals surface area contributed by atoms with Gasteiger partial charge in [-0.2, -0.15) is 5.26 Å². The zero-order chi connectivity index (χ0) is 19.4. The van der Waals surface area contributed by atoms with Crippen LogP contribution in [0.1, 0.15) is 17.5 Å². The molecule has 0 saturated heterocycles. The summed E-state index contributed by atoms with van der Waals surface area (Å²) in [6, 6.07) is 13.8. The SMILES string of the molecule is CCc1nnc(NC(=O)/C(C#N)=C\c2ccc(N(C)C)c3ccccc23)s1. The summed E-state index contributed by atoms with van der Waals surface area (Å²) in [6.45, 7) is 1.97. The molecule has 7 heteroatoms. The number of rotatable bonds is 5. The van der Waals surface area contributed by atoms with E-state index in [0.29, 0.717) is 5.13 Å². The van der Waals surface area contributed by atoms with Crippen molar-refractivity contribution < 1.29 is 4.79 Å². The van der Waals surface area contributed by atoms with E-state index in [2.05, 4.69) is 15.5 Å². The number of hydrogen-bond donors (Lipinski definition) is 1. The fourth-order valence-corrected chi connectivity index (χ4v) is 3.41. The van der Waals surface area contributed by atoms with Crippen molar-refractivity contribution in [2.75, 3.05) is 24.3 Å². The maximum absolute atomic E-state index is 12.5. The number of benzene rings is 2. The number of amides is 1. The van der Waals surface area contributed by atoms with Crippen LogP contribution >= 0.6 is 11.3 Å². The summed E-state index contributed by atoms with van der Waals surface area (Å²) in [7, 11) is 3.97. The van der Waals surface area contributed by atoms with Crippen molar-refractivity contribution >= 4 is 44.9 Å². The lowest BCUT2D eigenvalue weighted by Crippen LogP contribution is -2.13. The highest BCUT2D eigenvalue weighted by Crippen LogP contribution is 2.29. The summed E-state index contributed by atoms with van der Waals surface area (Å²) in [5.41, 5.74) is 1.91. The quantitative estimate of drug-likeness (QED) is 0.539. The largest absolute Gasteiger partial charge is 0.377 e. The van der Waals surface area contributed by atoms with E-state index in [1.54, 1.807) is 6.08 Å². The maximum Gasteiger partial charge on any atom is 0.268 e. The average Bonchev–Trinajstić information content (AvgIpc) is 3.13. The standard InChI is InChI=1S/C20H19N5OS/c1-4-18-23-24-20(27-18)22-19(26)14(12-21)11-13-9-10-17(25(2)3)16-8-6-5-7-15(13)16/h5-11H,4H2,1-3H3,(H,22,24,26)/b14-11-. The second-order valence-electron chi connectivity index (χ2n) is 6.09. The third-order valence-electron chi connectivity index (χ3n) is 4.07. The number of nitriles is 1. The highest BCUT2D eigenvalue weighted by atomic mass is 32.1. The number of nitrogens with zero attached hydrogens (tertiary/aromatic N) is 4. The van der Waals surface area contributed by atoms with Crippen LogP contribution < -0.4 is 10.2 Å². The summed E-state index contributed by atoms with van der Waals surface area (Å²) >= 11 is 1.31. The second-order valence-corrected chi connectivity index (χ2v) is 7.15. The molecule has 2 aromatic carbocycles. The Morgan fingerprint density at radius 2 is 1.96 bits per heavy atom. The van der Waals surface area contributed by atoms with Gasteiger partial charge in [0.25, 0.3) is 5.91 Å². The van der Waals surface area contributed by atoms with Crippen LogP contribution in [0.5, 0.6) is 0 Å². The van der Waals surface area contributed by atoms with Gasteiger partial charge in [-0.15, -0.1) is 10.2 Å². The number of aromatic nitrogens is 2. The monoisotopic (exact) mass is 377 g/mol. The molecule has 6 nitrogen and oxygen atoms in total. The molecule has 0 spiro atoms. The summed E-state index contributed by atoms with van der Waals surface area (Å²) in [5.74, 6) is -0.489. The molecule has 136 valence electrons. The van der Waals surface area contributed by atoms with Gasteiger partial charge < -0.3 is 4.90 Å². The molecule has 1 heterocycles. The maximum atomic E-state index is 12.5. The van der Waals surface area contributed by atoms with Crippen molar-refractivity contribution in [1.82, 2.24) is 10.2 Å². The number of anilines is 2. The zero-order valence-corrected chi connectivity index (χ0v) is 16.2. The van der Waals surface area contributed by atoms with Crippen molar-refractivity contribution in [3.63, 3.8) is 0 Å². The molecule has 3 rings (SSSR count). The Bertz CT molecular complexity index is 1060. The summed E-state index contributed by atoms with van der Waals surface area (Å²) in [6.07, 6.45) is 2.36. The van der Waals surface area contributed by atoms with Crippen LogP contribution in [-0.2, 0) is 11.2 Å². The smallest absolute Gasteiger partial charge is 0.268 e. The van der Waals surface area contributed by atoms with E-state index < -0.39 is 5.91 Å². The Hall–Kier alpha value is -3.24. The molecule has 0 aliphatic rings. The van der Waals surface area contributed by atoms with Crippen LogP contribution in [0.3, 0.4) is 0 Å². The molecule has 0 unspecified atom stereocenters. The van der Waals surface area contributed by atoms with E-state index in [1.165, 1.54) is 11.3 Å². The first kappa shape index (κ1) is 18.5. The van der Waals surface area contributed by atoms with E-state index in [-0.39, 0.29) is 5.57 Å². The molecule has 1 aromatic heterocycles. The fourth-order valence-electron chi connectivity index (χ4n) is 2.74. The predicted octanol–water partition coefficient (Wildman–Crippen LogP) is 3.87. The summed E-state index contributed by atoms with van der Waals surface area (Å²) < 4.78 is 0. The minimum Gasteiger partial charge on any atom is -0.377 e. The van der Waals surface area contributed by atoms with Gasteiger partial charge in [-0.1, -0.05) is 48.6 Å². The van der Waals surface area contributed by atoms with E-state index in [4.69, 9.17) is 0 Å². The second kappa shape index (κ2) is 7.98. The number of carbonyl (C=O) groups is 1. The average molecular weight is 377 g/mol. The topological polar surface area (TPSA) is 81.9 Å². The molecule has 1 amide bonds. The van der Waals surface area contributed by atoms with Crippen molar-refractivity contribution in [2.45, 2.75) is 13.3 Å². The number of carbonyl (C=O) groups excluding carboxylic acids is 1. The Balaban J connectivity index is 1.97. The van der Waals surface area contributed by atoms with Gasteiger partial charge in [-0.3, -0.25) is 10.1 Å². The highest BCUT2D eigenvalue weighted by molar-refractivity contribution is 7.15. The molecule has 0 fully saturated rings. The number of nitrogens with one attached hydrogen (secondary N) is 1. The van der Waals surface area contributed by atoms with Gasteiger partial charge in [0.05, 0.1) is 0 Å². The summed E-state index contributed by atoms with van der Waals surface area (Å²) in [4.78, 5) is 14.5. The normalized spacial score (nSPS) is 11.3. The van der Waals surface area contributed by atoms with Gasteiger partial charge in [0.2, 0.25) is 5.13 Å². The molecular weight excluding hydrogens is 358 g/mol. The lowest BCUT2D eigenvalue weighted by atomic mass is 10.0. The van der Waals surface area contributed by atoms with Crippen LogP contribution in [0.25, 0.3) is 16.8 Å². The lowest BCUT2D eigenvalue weighted by Gasteiger charge is -2.16. The minimum absolute atomic E-state index is 0.0194. The molecule has 0 aliphatic carbocycles. The molecule has 0 atom stereocenters. The van der Waals surface area contributed by atoms with E-state index in [0.717, 1.165) is 33.5 Å². The van der Waals surface area contributed by atoms with E-state index in [9.17, 15) is 10.1 Å². The first-order valence-electron chi connectivity index (χ1n) is 8.48. The van der Waals surface area contributed by atoms with Crippen molar-refractivity contribution in [1.29, 1.82) is 5.26 Å². The third-order valence-corrected chi connectivity index (χ3v) is 5.05. The summed E-state index contributed by atoms with van der Waals surface area (Å²) in [5, 5.41) is 23.3. The number of aryl methyl sites for hydroxylation is 1. The van der Waals surface area contributed by atoms with Gasteiger partial charge in [0.1, 0.15) is 16.6 Å². The van der Waals surface area contributed by atoms with Crippen molar-refractivity contribution in [3.05, 3.63) is 52.5 Å². The van der Waals surface area contributed by atoms with Crippen LogP contribution in [0.2, 0.25) is 0 Å². The first-order chi connectivity index (χ1) is 13.0. The molecule has 27 heavy (non-hydrogen) atoms. The van der Waals surface area contributed by atoms with Crippen molar-refractivity contribution in [2.24, 2.45) is 0 Å². The van der Waals surface area contributed by atoms with E-state index in [1.807, 2.05) is 68.4 Å². The number of fused-ring (bicyclic) bond motifs is 1. The molecule has 1 N–H and O–H groups in total. The Morgan fingerprint density at radius 1 is 1.22 bits per heavy atom. The highest BCUT2D eigenvalue weighted by Gasteiger charge is 2.14. The third kappa shape index (κ3) is 3.96. The van der Waals surface area contributed by atoms with Gasteiger partial charge in [-0.05, 0) is 29.5 Å². The molecule has 0 saturated carbocycles. The molecule has 0 radical (unpaired) electrons. The molecular formula is C20H19N5OS. The van der Waals surface area contributed by atoms with E-state index >= 15 is 0 Å². The minimum atomic E-state index is -0.489. The molecule has 0 aliphatic heterocycles. The zero-order valence-electron chi connectivity index (χ0n) is 15.4. The van der Waals surface area contributed by atoms with Gasteiger partial charge in [0, 0.05) is 25.2 Å². The first-order valence-corrected chi connectivity index (χ1v) is 9.29. The Morgan fingerprint density at radius 3 is 2.59 bits per heavy atom. The number of hydrogen-bond acceptors (Lipinski definition) is 6. The van der Waals surface area contributed by atoms with Crippen LogP contribution in [-0.4, -0.2) is 30.2 Å². The molecule has 3 aromatic rings. The Kier molecular flexibility index (Phi) is 5.48. The van der Waals surface area contributed by atoms with Crippen LogP contribution in [0.4, 0.5) is 10.8 Å². The van der Waals surface area contributed by atoms with Crippen LogP contribution in [0.15, 0.2) is 42.0 Å². The fraction of sp³-hybridized carbons (Fsp3) is 0.200. The predicted molar refractivity (Wildman–Crippen MR) is 110 cm³/mol. The van der Waals surface area contributed by atoms with Crippen molar-refractivity contribution in [3.8, 4) is 6.07 Å². The Labute approximate surface area is 161 Å². The van der Waals surface area contributed by atoms with Gasteiger partial charge >= 0.3 is 0 Å². The van der Waals surface area contributed by atoms with Crippen LogP contribution in [0, 0.1) is 11.3 Å². The van der Waals surface area contributed by atoms with Gasteiger partial charge in [-0.25, -0.2) is 0 Å². The lowest BCUT2D eigenvalue weighted by molar-refractivity contribution is -0.112. The van der Waals surface area contributed by atoms with Gasteiger partial charge in [0.15, 0.2) is 0 Å². The molecule has 0 bridgehead atoms.